The van der Waals surface area contributed by atoms with Crippen LogP contribution >= 0.6 is 11.3 Å². The molecule has 4 aromatic heterocycles. The number of pyridine rings is 2. The van der Waals surface area contributed by atoms with Gasteiger partial charge in [-0.15, -0.1) is 11.3 Å². The summed E-state index contributed by atoms with van der Waals surface area (Å²) in [5, 5.41) is 9.48. The van der Waals surface area contributed by atoms with Gasteiger partial charge in [-0.2, -0.15) is 5.10 Å². The topological polar surface area (TPSA) is 103 Å². The van der Waals surface area contributed by atoms with Gasteiger partial charge in [0.25, 0.3) is 0 Å². The second-order valence-electron chi connectivity index (χ2n) is 5.32. The minimum atomic E-state index is -0.664. The highest BCUT2D eigenvalue weighted by Crippen LogP contribution is 2.22. The fourth-order valence-corrected chi connectivity index (χ4v) is 3.20. The van der Waals surface area contributed by atoms with Gasteiger partial charge in [-0.05, 0) is 25.1 Å². The van der Waals surface area contributed by atoms with E-state index in [-0.39, 0.29) is 12.2 Å². The standard InChI is InChI=1S/C17H13N5O3S/c1-2-25-16(24)11-9-22(17-18-7-8-26-17)15-10(14(11)23)3-4-12(20-15)13-5-6-19-21-13/h3-9H,2H2,1H3,(H,19,21). The van der Waals surface area contributed by atoms with Crippen molar-refractivity contribution >= 4 is 28.3 Å². The van der Waals surface area contributed by atoms with Crippen LogP contribution in [0.2, 0.25) is 0 Å². The van der Waals surface area contributed by atoms with E-state index in [1.807, 2.05) is 5.38 Å². The van der Waals surface area contributed by atoms with Crippen molar-refractivity contribution in [2.75, 3.05) is 6.61 Å². The molecule has 4 heterocycles. The number of carbonyl (C=O) groups is 1. The van der Waals surface area contributed by atoms with Crippen LogP contribution in [0.4, 0.5) is 0 Å². The first-order chi connectivity index (χ1) is 12.7. The first-order valence-electron chi connectivity index (χ1n) is 7.82. The molecule has 0 saturated heterocycles. The van der Waals surface area contributed by atoms with Crippen molar-refractivity contribution in [1.82, 2.24) is 24.7 Å². The predicted molar refractivity (Wildman–Crippen MR) is 96.6 cm³/mol. The molecule has 0 spiro atoms. The SMILES string of the molecule is CCOC(=O)c1cn(-c2nccs2)c2nc(-c3ccn[nH]3)ccc2c1=O. The summed E-state index contributed by atoms with van der Waals surface area (Å²) in [6.07, 6.45) is 4.71. The number of hydrogen-bond donors (Lipinski definition) is 1. The van der Waals surface area contributed by atoms with Gasteiger partial charge in [-0.1, -0.05) is 0 Å². The van der Waals surface area contributed by atoms with Crippen LogP contribution in [0, 0.1) is 0 Å². The molecular weight excluding hydrogens is 354 g/mol. The van der Waals surface area contributed by atoms with E-state index in [1.54, 1.807) is 42.1 Å². The summed E-state index contributed by atoms with van der Waals surface area (Å²) >= 11 is 1.37. The molecule has 0 aliphatic rings. The summed E-state index contributed by atoms with van der Waals surface area (Å²) in [6, 6.07) is 5.14. The van der Waals surface area contributed by atoms with Crippen LogP contribution in [0.3, 0.4) is 0 Å². The number of nitrogens with zero attached hydrogens (tertiary/aromatic N) is 4. The van der Waals surface area contributed by atoms with E-state index >= 15 is 0 Å². The highest BCUT2D eigenvalue weighted by atomic mass is 32.1. The average Bonchev–Trinajstić information content (AvgIpc) is 3.36. The lowest BCUT2D eigenvalue weighted by Gasteiger charge is -2.11. The second-order valence-corrected chi connectivity index (χ2v) is 6.19. The molecule has 1 N–H and O–H groups in total. The second kappa shape index (κ2) is 6.52. The van der Waals surface area contributed by atoms with E-state index in [2.05, 4.69) is 20.2 Å². The number of ether oxygens (including phenoxy) is 1. The molecule has 0 unspecified atom stereocenters. The summed E-state index contributed by atoms with van der Waals surface area (Å²) < 4.78 is 6.64. The van der Waals surface area contributed by atoms with Gasteiger partial charge in [0.2, 0.25) is 5.43 Å². The summed E-state index contributed by atoms with van der Waals surface area (Å²) in [5.74, 6) is -0.664. The van der Waals surface area contributed by atoms with Gasteiger partial charge in [-0.25, -0.2) is 14.8 Å². The van der Waals surface area contributed by atoms with Crippen molar-refractivity contribution < 1.29 is 9.53 Å². The first-order valence-corrected chi connectivity index (χ1v) is 8.70. The molecule has 0 aliphatic carbocycles. The molecule has 0 amide bonds. The predicted octanol–water partition coefficient (Wildman–Crippen LogP) is 2.41. The Hall–Kier alpha value is -3.33. The number of thiazole rings is 1. The number of nitrogens with one attached hydrogen (secondary N) is 1. The lowest BCUT2D eigenvalue weighted by Crippen LogP contribution is -2.21. The number of H-pyrrole nitrogens is 1. The van der Waals surface area contributed by atoms with Gasteiger partial charge < -0.3 is 4.74 Å². The Morgan fingerprint density at radius 3 is 2.88 bits per heavy atom. The van der Waals surface area contributed by atoms with Crippen LogP contribution in [0.25, 0.3) is 27.6 Å². The van der Waals surface area contributed by atoms with E-state index in [0.717, 1.165) is 5.69 Å². The van der Waals surface area contributed by atoms with E-state index in [1.165, 1.54) is 17.5 Å². The van der Waals surface area contributed by atoms with E-state index in [0.29, 0.717) is 21.9 Å². The van der Waals surface area contributed by atoms with Crippen LogP contribution in [0.5, 0.6) is 0 Å². The minimum Gasteiger partial charge on any atom is -0.462 e. The largest absolute Gasteiger partial charge is 0.462 e. The Morgan fingerprint density at radius 2 is 2.19 bits per heavy atom. The lowest BCUT2D eigenvalue weighted by atomic mass is 10.1. The number of fused-ring (bicyclic) bond motifs is 1. The molecule has 9 heteroatoms. The van der Waals surface area contributed by atoms with Gasteiger partial charge in [0.15, 0.2) is 10.8 Å². The molecule has 4 aromatic rings. The van der Waals surface area contributed by atoms with Crippen LogP contribution in [-0.4, -0.2) is 37.3 Å². The van der Waals surface area contributed by atoms with E-state index in [9.17, 15) is 9.59 Å². The Labute approximate surface area is 151 Å². The maximum absolute atomic E-state index is 12.8. The van der Waals surface area contributed by atoms with E-state index in [4.69, 9.17) is 4.74 Å². The minimum absolute atomic E-state index is 0.0503. The number of aromatic nitrogens is 5. The van der Waals surface area contributed by atoms with Gasteiger partial charge in [0.1, 0.15) is 5.56 Å². The van der Waals surface area contributed by atoms with Crippen molar-refractivity contribution in [1.29, 1.82) is 0 Å². The molecule has 0 radical (unpaired) electrons. The zero-order valence-corrected chi connectivity index (χ0v) is 14.5. The van der Waals surface area contributed by atoms with Crippen LogP contribution in [0.1, 0.15) is 17.3 Å². The normalized spacial score (nSPS) is 11.0. The van der Waals surface area contributed by atoms with Gasteiger partial charge in [0, 0.05) is 24.0 Å². The zero-order chi connectivity index (χ0) is 18.1. The van der Waals surface area contributed by atoms with Crippen LogP contribution in [0.15, 0.2) is 47.0 Å². The molecule has 0 saturated carbocycles. The van der Waals surface area contributed by atoms with Crippen molar-refractivity contribution in [2.45, 2.75) is 6.92 Å². The van der Waals surface area contributed by atoms with Crippen molar-refractivity contribution in [2.24, 2.45) is 0 Å². The number of hydrogen-bond acceptors (Lipinski definition) is 7. The van der Waals surface area contributed by atoms with E-state index < -0.39 is 11.4 Å². The monoisotopic (exact) mass is 367 g/mol. The summed E-state index contributed by atoms with van der Waals surface area (Å²) in [4.78, 5) is 33.8. The molecule has 8 nitrogen and oxygen atoms in total. The number of carbonyl (C=O) groups excluding carboxylic acids is 1. The lowest BCUT2D eigenvalue weighted by molar-refractivity contribution is 0.0524. The van der Waals surface area contributed by atoms with Crippen LogP contribution < -0.4 is 5.43 Å². The maximum atomic E-state index is 12.8. The average molecular weight is 367 g/mol. The molecule has 0 fully saturated rings. The van der Waals surface area contributed by atoms with Gasteiger partial charge in [-0.3, -0.25) is 14.5 Å². The third-order valence-electron chi connectivity index (χ3n) is 3.75. The highest BCUT2D eigenvalue weighted by Gasteiger charge is 2.19. The van der Waals surface area contributed by atoms with Crippen LogP contribution in [-0.2, 0) is 4.74 Å². The molecule has 26 heavy (non-hydrogen) atoms. The molecule has 0 atom stereocenters. The van der Waals surface area contributed by atoms with Crippen molar-refractivity contribution in [3.05, 3.63) is 58.0 Å². The molecule has 130 valence electrons. The Bertz CT molecular complexity index is 1130. The van der Waals surface area contributed by atoms with Crippen molar-refractivity contribution in [3.63, 3.8) is 0 Å². The molecule has 4 rings (SSSR count). The Morgan fingerprint density at radius 1 is 1.31 bits per heavy atom. The Kier molecular flexibility index (Phi) is 4.05. The summed E-state index contributed by atoms with van der Waals surface area (Å²) in [6.45, 7) is 1.88. The molecule has 0 bridgehead atoms. The maximum Gasteiger partial charge on any atom is 0.343 e. The van der Waals surface area contributed by atoms with Gasteiger partial charge >= 0.3 is 5.97 Å². The quantitative estimate of drug-likeness (QED) is 0.556. The molecule has 0 aliphatic heterocycles. The Balaban J connectivity index is 2.02. The van der Waals surface area contributed by atoms with Crippen molar-refractivity contribution in [3.8, 4) is 16.5 Å². The number of esters is 1. The smallest absolute Gasteiger partial charge is 0.343 e. The number of aromatic amines is 1. The fourth-order valence-electron chi connectivity index (χ4n) is 2.59. The number of rotatable bonds is 4. The van der Waals surface area contributed by atoms with Gasteiger partial charge in [0.05, 0.1) is 23.4 Å². The summed E-state index contributed by atoms with van der Waals surface area (Å²) in [5.41, 5.74) is 1.29. The highest BCUT2D eigenvalue weighted by molar-refractivity contribution is 7.12. The zero-order valence-electron chi connectivity index (χ0n) is 13.7. The third kappa shape index (κ3) is 2.68. The molecule has 0 aromatic carbocycles. The molecular formula is C17H13N5O3S. The first kappa shape index (κ1) is 16.2. The third-order valence-corrected chi connectivity index (χ3v) is 4.52. The summed E-state index contributed by atoms with van der Waals surface area (Å²) in [7, 11) is 0. The fraction of sp³-hybridized carbons (Fsp3) is 0.118.